The van der Waals surface area contributed by atoms with Gasteiger partial charge in [0.15, 0.2) is 0 Å². The Labute approximate surface area is 149 Å². The van der Waals surface area contributed by atoms with Crippen LogP contribution in [0, 0.1) is 0 Å². The topological polar surface area (TPSA) is 73.8 Å². The van der Waals surface area contributed by atoms with E-state index in [1.807, 2.05) is 25.7 Å². The average Bonchev–Trinajstić information content (AvgIpc) is 2.58. The Kier molecular flexibility index (Phi) is 6.99. The lowest BCUT2D eigenvalue weighted by Crippen LogP contribution is -2.46. The van der Waals surface area contributed by atoms with Crippen LogP contribution in [0.5, 0.6) is 5.88 Å². The second kappa shape index (κ2) is 8.99. The summed E-state index contributed by atoms with van der Waals surface area (Å²) in [5.41, 5.74) is 0.204. The first-order valence-electron chi connectivity index (χ1n) is 8.82. The molecule has 0 N–H and O–H groups in total. The summed E-state index contributed by atoms with van der Waals surface area (Å²) in [5, 5.41) is 0. The first-order chi connectivity index (χ1) is 11.9. The number of carbonyl (C=O) groups is 1. The molecule has 1 amide bonds. The molecule has 25 heavy (non-hydrogen) atoms. The quantitative estimate of drug-likeness (QED) is 0.733. The Morgan fingerprint density at radius 1 is 1.28 bits per heavy atom. The molecule has 0 radical (unpaired) electrons. The zero-order chi connectivity index (χ0) is 18.3. The molecule has 0 spiro atoms. The Morgan fingerprint density at radius 3 is 2.76 bits per heavy atom. The van der Waals surface area contributed by atoms with Crippen LogP contribution in [0.3, 0.4) is 0 Å². The van der Waals surface area contributed by atoms with Crippen molar-refractivity contribution in [3.8, 4) is 5.88 Å². The number of hydrogen-bond acceptors (Lipinski definition) is 6. The van der Waals surface area contributed by atoms with E-state index < -0.39 is 5.60 Å². The predicted octanol–water partition coefficient (Wildman–Crippen LogP) is 3.18. The average molecular weight is 351 g/mol. The van der Waals surface area contributed by atoms with Gasteiger partial charge >= 0.3 is 6.09 Å². The summed E-state index contributed by atoms with van der Waals surface area (Å²) >= 11 is 0. The molecule has 1 aliphatic heterocycles. The van der Waals surface area contributed by atoms with Gasteiger partial charge < -0.3 is 19.1 Å². The maximum atomic E-state index is 12.4. The molecule has 7 heteroatoms. The van der Waals surface area contributed by atoms with Crippen LogP contribution in [0.1, 0.15) is 52.1 Å². The van der Waals surface area contributed by atoms with Gasteiger partial charge in [-0.1, -0.05) is 0 Å². The Hall–Kier alpha value is -1.89. The number of hydrogen-bond donors (Lipinski definition) is 0. The fraction of sp³-hybridized carbons (Fsp3) is 0.722. The van der Waals surface area contributed by atoms with Crippen LogP contribution < -0.4 is 4.74 Å². The molecule has 0 bridgehead atoms. The third-order valence-electron chi connectivity index (χ3n) is 4.02. The predicted molar refractivity (Wildman–Crippen MR) is 93.4 cm³/mol. The van der Waals surface area contributed by atoms with Crippen LogP contribution in [0.15, 0.2) is 12.4 Å². The summed E-state index contributed by atoms with van der Waals surface area (Å²) in [6.07, 6.45) is 6.89. The van der Waals surface area contributed by atoms with E-state index in [0.29, 0.717) is 24.8 Å². The molecule has 0 aliphatic carbocycles. The summed E-state index contributed by atoms with van der Waals surface area (Å²) in [4.78, 5) is 22.6. The Morgan fingerprint density at radius 2 is 2.04 bits per heavy atom. The minimum absolute atomic E-state index is 0.160. The number of amides is 1. The Balaban J connectivity index is 1.82. The number of methoxy groups -OCH3 is 1. The van der Waals surface area contributed by atoms with E-state index >= 15 is 0 Å². The van der Waals surface area contributed by atoms with E-state index in [4.69, 9.17) is 14.2 Å². The number of piperidine rings is 1. The minimum Gasteiger partial charge on any atom is -0.480 e. The summed E-state index contributed by atoms with van der Waals surface area (Å²) in [7, 11) is 1.56. The van der Waals surface area contributed by atoms with E-state index in [2.05, 4.69) is 9.97 Å². The van der Waals surface area contributed by atoms with Crippen molar-refractivity contribution in [3.63, 3.8) is 0 Å². The fourth-order valence-electron chi connectivity index (χ4n) is 2.87. The maximum Gasteiger partial charge on any atom is 0.410 e. The SMILES string of the molecule is COc1nccnc1COCCC1CCCCN1C(=O)OC(C)(C)C. The third-order valence-corrected chi connectivity index (χ3v) is 4.02. The normalized spacial score (nSPS) is 18.1. The van der Waals surface area contributed by atoms with Crippen molar-refractivity contribution in [1.29, 1.82) is 0 Å². The Bertz CT molecular complexity index is 559. The fourth-order valence-corrected chi connectivity index (χ4v) is 2.87. The molecule has 1 fully saturated rings. The number of nitrogens with zero attached hydrogens (tertiary/aromatic N) is 3. The highest BCUT2D eigenvalue weighted by molar-refractivity contribution is 5.68. The monoisotopic (exact) mass is 351 g/mol. The van der Waals surface area contributed by atoms with Gasteiger partial charge in [0.1, 0.15) is 11.3 Å². The van der Waals surface area contributed by atoms with E-state index in [9.17, 15) is 4.79 Å². The van der Waals surface area contributed by atoms with Gasteiger partial charge in [-0.05, 0) is 46.5 Å². The summed E-state index contributed by atoms with van der Waals surface area (Å²) in [5.74, 6) is 0.482. The van der Waals surface area contributed by atoms with Crippen LogP contribution >= 0.6 is 0 Å². The lowest BCUT2D eigenvalue weighted by Gasteiger charge is -2.36. The standard InChI is InChI=1S/C18H29N3O4/c1-18(2,3)25-17(22)21-11-6-5-7-14(21)8-12-24-13-15-16(23-4)20-10-9-19-15/h9-10,14H,5-8,11-13H2,1-4H3. The molecule has 2 heterocycles. The van der Waals surface area contributed by atoms with Crippen molar-refractivity contribution in [3.05, 3.63) is 18.1 Å². The van der Waals surface area contributed by atoms with Crippen LogP contribution in [0.4, 0.5) is 4.79 Å². The zero-order valence-corrected chi connectivity index (χ0v) is 15.7. The molecule has 1 unspecified atom stereocenters. The van der Waals surface area contributed by atoms with Crippen molar-refractivity contribution >= 4 is 6.09 Å². The van der Waals surface area contributed by atoms with E-state index in [-0.39, 0.29) is 12.1 Å². The van der Waals surface area contributed by atoms with Gasteiger partial charge in [0.25, 0.3) is 0 Å². The highest BCUT2D eigenvalue weighted by atomic mass is 16.6. The third kappa shape index (κ3) is 6.16. The molecule has 1 aromatic heterocycles. The smallest absolute Gasteiger partial charge is 0.410 e. The highest BCUT2D eigenvalue weighted by Crippen LogP contribution is 2.23. The van der Waals surface area contributed by atoms with Crippen molar-refractivity contribution < 1.29 is 19.0 Å². The molecule has 7 nitrogen and oxygen atoms in total. The first-order valence-corrected chi connectivity index (χ1v) is 8.82. The van der Waals surface area contributed by atoms with Gasteiger partial charge in [0.05, 0.1) is 13.7 Å². The van der Waals surface area contributed by atoms with Crippen molar-refractivity contribution in [1.82, 2.24) is 14.9 Å². The molecular weight excluding hydrogens is 322 g/mol. The molecule has 1 atom stereocenters. The molecule has 0 aromatic carbocycles. The molecule has 1 saturated heterocycles. The molecule has 0 saturated carbocycles. The van der Waals surface area contributed by atoms with Crippen molar-refractivity contribution in [2.75, 3.05) is 20.3 Å². The van der Waals surface area contributed by atoms with E-state index in [0.717, 1.165) is 32.2 Å². The molecule has 1 aromatic rings. The second-order valence-corrected chi connectivity index (χ2v) is 7.18. The number of ether oxygens (including phenoxy) is 3. The lowest BCUT2D eigenvalue weighted by molar-refractivity contribution is 0.00362. The van der Waals surface area contributed by atoms with Crippen molar-refractivity contribution in [2.45, 2.75) is 64.7 Å². The van der Waals surface area contributed by atoms with Gasteiger partial charge in [-0.15, -0.1) is 0 Å². The van der Waals surface area contributed by atoms with Crippen LogP contribution in [0.2, 0.25) is 0 Å². The van der Waals surface area contributed by atoms with E-state index in [1.54, 1.807) is 19.5 Å². The number of rotatable bonds is 6. The highest BCUT2D eigenvalue weighted by Gasteiger charge is 2.30. The molecule has 2 rings (SSSR count). The molecule has 1 aliphatic rings. The first kappa shape index (κ1) is 19.4. The van der Waals surface area contributed by atoms with Gasteiger partial charge in [0.2, 0.25) is 5.88 Å². The van der Waals surface area contributed by atoms with E-state index in [1.165, 1.54) is 0 Å². The number of carbonyl (C=O) groups excluding carboxylic acids is 1. The minimum atomic E-state index is -0.474. The number of likely N-dealkylation sites (tertiary alicyclic amines) is 1. The summed E-state index contributed by atoms with van der Waals surface area (Å²) < 4.78 is 16.4. The van der Waals surface area contributed by atoms with Gasteiger partial charge in [-0.3, -0.25) is 4.98 Å². The number of aromatic nitrogens is 2. The van der Waals surface area contributed by atoms with Gasteiger partial charge in [-0.25, -0.2) is 9.78 Å². The zero-order valence-electron chi connectivity index (χ0n) is 15.7. The lowest BCUT2D eigenvalue weighted by atomic mass is 10.0. The van der Waals surface area contributed by atoms with Gasteiger partial charge in [-0.2, -0.15) is 0 Å². The second-order valence-electron chi connectivity index (χ2n) is 7.18. The largest absolute Gasteiger partial charge is 0.480 e. The van der Waals surface area contributed by atoms with Crippen LogP contribution in [0.25, 0.3) is 0 Å². The summed E-state index contributed by atoms with van der Waals surface area (Å²) in [6, 6.07) is 0.160. The maximum absolute atomic E-state index is 12.4. The van der Waals surface area contributed by atoms with Crippen LogP contribution in [-0.2, 0) is 16.1 Å². The molecular formula is C18H29N3O4. The summed E-state index contributed by atoms with van der Waals surface area (Å²) in [6.45, 7) is 7.31. The molecule has 140 valence electrons. The van der Waals surface area contributed by atoms with Crippen molar-refractivity contribution in [2.24, 2.45) is 0 Å². The van der Waals surface area contributed by atoms with Crippen LogP contribution in [-0.4, -0.2) is 52.9 Å². The van der Waals surface area contributed by atoms with Gasteiger partial charge in [0, 0.05) is 31.6 Å².